The van der Waals surface area contributed by atoms with Gasteiger partial charge in [-0.2, -0.15) is 0 Å². The normalized spacial score (nSPS) is 19.1. The first kappa shape index (κ1) is 19.1. The SMILES string of the molecule is O=C(c1c[nH]c(=O)n(Cc2cccs2)c1=O)N1CCN(C2CCCCC2)CC1. The maximum absolute atomic E-state index is 12.9. The molecule has 2 aromatic heterocycles. The van der Waals surface area contributed by atoms with E-state index in [1.54, 1.807) is 4.90 Å². The number of aromatic nitrogens is 2. The summed E-state index contributed by atoms with van der Waals surface area (Å²) in [7, 11) is 0. The van der Waals surface area contributed by atoms with E-state index in [0.29, 0.717) is 19.1 Å². The van der Waals surface area contributed by atoms with E-state index in [0.717, 1.165) is 22.5 Å². The molecular weight excluding hydrogens is 376 g/mol. The molecule has 1 N–H and O–H groups in total. The molecule has 7 nitrogen and oxygen atoms in total. The minimum Gasteiger partial charge on any atom is -0.336 e. The number of aromatic amines is 1. The van der Waals surface area contributed by atoms with Gasteiger partial charge >= 0.3 is 5.69 Å². The van der Waals surface area contributed by atoms with Crippen LogP contribution in [0.15, 0.2) is 33.3 Å². The maximum atomic E-state index is 12.9. The highest BCUT2D eigenvalue weighted by Gasteiger charge is 2.28. The van der Waals surface area contributed by atoms with Gasteiger partial charge < -0.3 is 9.88 Å². The van der Waals surface area contributed by atoms with Crippen molar-refractivity contribution in [3.8, 4) is 0 Å². The number of rotatable bonds is 4. The summed E-state index contributed by atoms with van der Waals surface area (Å²) in [5.74, 6) is -0.288. The second kappa shape index (κ2) is 8.45. The molecule has 1 saturated heterocycles. The van der Waals surface area contributed by atoms with E-state index in [-0.39, 0.29) is 18.0 Å². The average Bonchev–Trinajstić information content (AvgIpc) is 3.25. The number of nitrogens with zero attached hydrogens (tertiary/aromatic N) is 3. The molecule has 28 heavy (non-hydrogen) atoms. The van der Waals surface area contributed by atoms with Crippen molar-refractivity contribution in [2.45, 2.75) is 44.7 Å². The molecule has 0 spiro atoms. The highest BCUT2D eigenvalue weighted by Crippen LogP contribution is 2.23. The minimum absolute atomic E-state index is 0.0438. The van der Waals surface area contributed by atoms with Crippen LogP contribution in [0.5, 0.6) is 0 Å². The lowest BCUT2D eigenvalue weighted by Gasteiger charge is -2.40. The Kier molecular flexibility index (Phi) is 5.77. The average molecular weight is 403 g/mol. The maximum Gasteiger partial charge on any atom is 0.328 e. The third-order valence-electron chi connectivity index (χ3n) is 5.88. The van der Waals surface area contributed by atoms with Crippen molar-refractivity contribution < 1.29 is 4.79 Å². The van der Waals surface area contributed by atoms with Crippen LogP contribution in [0.25, 0.3) is 0 Å². The second-order valence-electron chi connectivity index (χ2n) is 7.60. The summed E-state index contributed by atoms with van der Waals surface area (Å²) in [5.41, 5.74) is -0.962. The smallest absolute Gasteiger partial charge is 0.328 e. The van der Waals surface area contributed by atoms with Crippen molar-refractivity contribution in [3.05, 3.63) is 55.0 Å². The van der Waals surface area contributed by atoms with Gasteiger partial charge in [0.1, 0.15) is 5.56 Å². The Hall–Kier alpha value is -2.19. The number of hydrogen-bond acceptors (Lipinski definition) is 5. The predicted molar refractivity (Wildman–Crippen MR) is 109 cm³/mol. The molecule has 0 unspecified atom stereocenters. The van der Waals surface area contributed by atoms with Gasteiger partial charge in [-0.3, -0.25) is 19.1 Å². The highest BCUT2D eigenvalue weighted by molar-refractivity contribution is 7.09. The fourth-order valence-corrected chi connectivity index (χ4v) is 4.97. The van der Waals surface area contributed by atoms with Crippen molar-refractivity contribution in [1.82, 2.24) is 19.4 Å². The standard InChI is InChI=1S/C20H26N4O3S/c25-18(23-10-8-22(9-11-23)15-5-2-1-3-6-15)17-13-21-20(27)24(19(17)26)14-16-7-4-12-28-16/h4,7,12-13,15H,1-3,5-6,8-11,14H2,(H,21,27). The zero-order chi connectivity index (χ0) is 19.5. The van der Waals surface area contributed by atoms with E-state index in [9.17, 15) is 14.4 Å². The molecule has 1 aliphatic carbocycles. The Bertz CT molecular complexity index is 920. The van der Waals surface area contributed by atoms with Crippen LogP contribution in [-0.4, -0.2) is 57.5 Å². The van der Waals surface area contributed by atoms with Gasteiger partial charge in [0.2, 0.25) is 0 Å². The molecular formula is C20H26N4O3S. The van der Waals surface area contributed by atoms with Gasteiger partial charge in [-0.15, -0.1) is 11.3 Å². The summed E-state index contributed by atoms with van der Waals surface area (Å²) in [5, 5.41) is 1.90. The number of hydrogen-bond donors (Lipinski definition) is 1. The Morgan fingerprint density at radius 2 is 1.86 bits per heavy atom. The van der Waals surface area contributed by atoms with Crippen molar-refractivity contribution in [3.63, 3.8) is 0 Å². The van der Waals surface area contributed by atoms with Crippen LogP contribution in [-0.2, 0) is 6.54 Å². The van der Waals surface area contributed by atoms with Gasteiger partial charge in [0.15, 0.2) is 0 Å². The number of amides is 1. The Morgan fingerprint density at radius 3 is 2.54 bits per heavy atom. The number of carbonyl (C=O) groups is 1. The zero-order valence-electron chi connectivity index (χ0n) is 15.9. The Morgan fingerprint density at radius 1 is 1.11 bits per heavy atom. The molecule has 150 valence electrons. The van der Waals surface area contributed by atoms with Crippen LogP contribution >= 0.6 is 11.3 Å². The molecule has 1 saturated carbocycles. The molecule has 4 rings (SSSR count). The van der Waals surface area contributed by atoms with Crippen molar-refractivity contribution in [1.29, 1.82) is 0 Å². The molecule has 0 bridgehead atoms. The summed E-state index contributed by atoms with van der Waals surface area (Å²) in [4.78, 5) is 45.5. The van der Waals surface area contributed by atoms with Crippen molar-refractivity contribution in [2.75, 3.05) is 26.2 Å². The van der Waals surface area contributed by atoms with Gasteiger partial charge in [-0.25, -0.2) is 4.79 Å². The largest absolute Gasteiger partial charge is 0.336 e. The second-order valence-corrected chi connectivity index (χ2v) is 8.63. The van der Waals surface area contributed by atoms with Crippen LogP contribution in [0.4, 0.5) is 0 Å². The summed E-state index contributed by atoms with van der Waals surface area (Å²) in [6.45, 7) is 3.13. The number of thiophene rings is 1. The number of H-pyrrole nitrogens is 1. The van der Waals surface area contributed by atoms with E-state index in [4.69, 9.17) is 0 Å². The zero-order valence-corrected chi connectivity index (χ0v) is 16.7. The van der Waals surface area contributed by atoms with E-state index < -0.39 is 11.2 Å². The monoisotopic (exact) mass is 402 g/mol. The molecule has 2 aromatic rings. The van der Waals surface area contributed by atoms with Crippen molar-refractivity contribution in [2.24, 2.45) is 0 Å². The first-order chi connectivity index (χ1) is 13.6. The van der Waals surface area contributed by atoms with Crippen LogP contribution in [0.1, 0.15) is 47.3 Å². The molecule has 1 aliphatic heterocycles. The van der Waals surface area contributed by atoms with Crippen molar-refractivity contribution >= 4 is 17.2 Å². The molecule has 0 aromatic carbocycles. The van der Waals surface area contributed by atoms with Crippen LogP contribution in [0, 0.1) is 0 Å². The van der Waals surface area contributed by atoms with E-state index in [1.165, 1.54) is 49.6 Å². The molecule has 2 aliphatic rings. The van der Waals surface area contributed by atoms with Gasteiger partial charge in [0.25, 0.3) is 11.5 Å². The first-order valence-electron chi connectivity index (χ1n) is 10.0. The third-order valence-corrected chi connectivity index (χ3v) is 6.74. The van der Waals surface area contributed by atoms with E-state index >= 15 is 0 Å². The quantitative estimate of drug-likeness (QED) is 0.845. The Labute approximate surface area is 167 Å². The topological polar surface area (TPSA) is 78.4 Å². The lowest BCUT2D eigenvalue weighted by Crippen LogP contribution is -2.53. The molecule has 3 heterocycles. The van der Waals surface area contributed by atoms with E-state index in [1.807, 2.05) is 17.5 Å². The minimum atomic E-state index is -0.517. The molecule has 0 radical (unpaired) electrons. The lowest BCUT2D eigenvalue weighted by molar-refractivity contribution is 0.0520. The summed E-state index contributed by atoms with van der Waals surface area (Å²) in [6.07, 6.45) is 7.70. The van der Waals surface area contributed by atoms with Gasteiger partial charge in [0, 0.05) is 43.3 Å². The van der Waals surface area contributed by atoms with Crippen LogP contribution in [0.2, 0.25) is 0 Å². The highest BCUT2D eigenvalue weighted by atomic mass is 32.1. The number of piperazine rings is 1. The third kappa shape index (κ3) is 3.98. The summed E-state index contributed by atoms with van der Waals surface area (Å²) < 4.78 is 1.11. The Balaban J connectivity index is 1.46. The summed E-state index contributed by atoms with van der Waals surface area (Å²) in [6, 6.07) is 4.39. The van der Waals surface area contributed by atoms with E-state index in [2.05, 4.69) is 9.88 Å². The van der Waals surface area contributed by atoms with Gasteiger partial charge in [-0.1, -0.05) is 25.3 Å². The fourth-order valence-electron chi connectivity index (χ4n) is 4.27. The lowest BCUT2D eigenvalue weighted by atomic mass is 9.94. The predicted octanol–water partition coefficient (Wildman–Crippen LogP) is 1.74. The molecule has 2 fully saturated rings. The van der Waals surface area contributed by atoms with Gasteiger partial charge in [-0.05, 0) is 24.3 Å². The van der Waals surface area contributed by atoms with Crippen LogP contribution < -0.4 is 11.2 Å². The number of nitrogens with one attached hydrogen (secondary N) is 1. The molecule has 1 amide bonds. The summed E-state index contributed by atoms with van der Waals surface area (Å²) >= 11 is 1.48. The number of carbonyl (C=O) groups excluding carboxylic acids is 1. The fraction of sp³-hybridized carbons (Fsp3) is 0.550. The molecule has 0 atom stereocenters. The first-order valence-corrected chi connectivity index (χ1v) is 10.9. The van der Waals surface area contributed by atoms with Crippen LogP contribution in [0.3, 0.4) is 0 Å². The molecule has 8 heteroatoms. The van der Waals surface area contributed by atoms with Gasteiger partial charge in [0.05, 0.1) is 6.54 Å².